The van der Waals surface area contributed by atoms with Crippen molar-refractivity contribution in [2.75, 3.05) is 11.9 Å². The Morgan fingerprint density at radius 2 is 2.19 bits per heavy atom. The van der Waals surface area contributed by atoms with E-state index in [4.69, 9.17) is 4.74 Å². The van der Waals surface area contributed by atoms with E-state index in [1.165, 1.54) is 17.3 Å². The fourth-order valence-corrected chi connectivity index (χ4v) is 3.26. The SMILES string of the molecule is O=C(Cn1cnc2ccccc2c1=O)Nc1cnn(C[C@H]2CCCCO2)c1. The molecule has 0 unspecified atom stereocenters. The number of anilines is 1. The van der Waals surface area contributed by atoms with Crippen molar-refractivity contribution in [2.24, 2.45) is 0 Å². The topological polar surface area (TPSA) is 91.0 Å². The van der Waals surface area contributed by atoms with Crippen LogP contribution in [0.15, 0.2) is 47.8 Å². The third-order valence-electron chi connectivity index (χ3n) is 4.63. The monoisotopic (exact) mass is 367 g/mol. The second kappa shape index (κ2) is 7.71. The fourth-order valence-electron chi connectivity index (χ4n) is 3.26. The summed E-state index contributed by atoms with van der Waals surface area (Å²) in [6, 6.07) is 7.07. The van der Waals surface area contributed by atoms with Crippen LogP contribution in [0, 0.1) is 0 Å². The van der Waals surface area contributed by atoms with Crippen LogP contribution in [-0.2, 0) is 22.6 Å². The molecule has 0 spiro atoms. The van der Waals surface area contributed by atoms with Crippen LogP contribution >= 0.6 is 0 Å². The molecule has 1 N–H and O–H groups in total. The number of ether oxygens (including phenoxy) is 1. The highest BCUT2D eigenvalue weighted by molar-refractivity contribution is 5.90. The van der Waals surface area contributed by atoms with Gasteiger partial charge >= 0.3 is 0 Å². The molecule has 1 amide bonds. The van der Waals surface area contributed by atoms with Crippen LogP contribution in [0.2, 0.25) is 0 Å². The molecular formula is C19H21N5O3. The van der Waals surface area contributed by atoms with Gasteiger partial charge in [-0.25, -0.2) is 4.98 Å². The molecule has 1 saturated heterocycles. The number of hydrogen-bond donors (Lipinski definition) is 1. The largest absolute Gasteiger partial charge is 0.376 e. The van der Waals surface area contributed by atoms with Gasteiger partial charge in [-0.3, -0.25) is 18.8 Å². The van der Waals surface area contributed by atoms with Gasteiger partial charge in [0.2, 0.25) is 5.91 Å². The van der Waals surface area contributed by atoms with Crippen molar-refractivity contribution >= 4 is 22.5 Å². The molecule has 0 aliphatic carbocycles. The number of carbonyl (C=O) groups excluding carboxylic acids is 1. The van der Waals surface area contributed by atoms with Crippen molar-refractivity contribution in [3.63, 3.8) is 0 Å². The molecule has 1 aromatic carbocycles. The van der Waals surface area contributed by atoms with Gasteiger partial charge in [0.05, 0.1) is 41.8 Å². The molecule has 3 heterocycles. The maximum Gasteiger partial charge on any atom is 0.261 e. The van der Waals surface area contributed by atoms with E-state index in [0.717, 1.165) is 19.4 Å². The first kappa shape index (κ1) is 17.4. The minimum absolute atomic E-state index is 0.104. The standard InChI is InChI=1S/C19H21N5O3/c25-18(12-23-13-20-17-7-2-1-6-16(17)19(23)26)22-14-9-21-24(10-14)11-15-5-3-4-8-27-15/h1-2,6-7,9-10,13,15H,3-5,8,11-12H2,(H,22,25)/t15-/m1/s1. The lowest BCUT2D eigenvalue weighted by Gasteiger charge is -2.22. The molecule has 1 aliphatic rings. The van der Waals surface area contributed by atoms with Crippen LogP contribution in [0.25, 0.3) is 10.9 Å². The lowest BCUT2D eigenvalue weighted by Crippen LogP contribution is -2.27. The van der Waals surface area contributed by atoms with Crippen LogP contribution in [-0.4, -0.2) is 37.9 Å². The van der Waals surface area contributed by atoms with Crippen LogP contribution in [0.1, 0.15) is 19.3 Å². The van der Waals surface area contributed by atoms with Crippen LogP contribution < -0.4 is 10.9 Å². The van der Waals surface area contributed by atoms with Crippen LogP contribution in [0.5, 0.6) is 0 Å². The Balaban J connectivity index is 1.40. The normalized spacial score (nSPS) is 17.1. The minimum atomic E-state index is -0.303. The van der Waals surface area contributed by atoms with E-state index in [0.29, 0.717) is 23.1 Å². The Morgan fingerprint density at radius 1 is 1.30 bits per heavy atom. The second-order valence-electron chi connectivity index (χ2n) is 6.68. The number of benzene rings is 1. The molecule has 1 atom stereocenters. The summed E-state index contributed by atoms with van der Waals surface area (Å²) in [5.74, 6) is -0.303. The summed E-state index contributed by atoms with van der Waals surface area (Å²) in [4.78, 5) is 29.0. The van der Waals surface area contributed by atoms with E-state index >= 15 is 0 Å². The van der Waals surface area contributed by atoms with Gasteiger partial charge in [0.1, 0.15) is 6.54 Å². The maximum absolute atomic E-state index is 12.5. The van der Waals surface area contributed by atoms with Gasteiger partial charge in [0.25, 0.3) is 5.56 Å². The molecule has 140 valence electrons. The fraction of sp³-hybridized carbons (Fsp3) is 0.368. The summed E-state index contributed by atoms with van der Waals surface area (Å²) in [7, 11) is 0. The van der Waals surface area contributed by atoms with Gasteiger partial charge in [-0.2, -0.15) is 5.10 Å². The van der Waals surface area contributed by atoms with Gasteiger partial charge in [0.15, 0.2) is 0 Å². The predicted molar refractivity (Wildman–Crippen MR) is 100 cm³/mol. The lowest BCUT2D eigenvalue weighted by atomic mass is 10.1. The van der Waals surface area contributed by atoms with Crippen molar-refractivity contribution in [1.82, 2.24) is 19.3 Å². The van der Waals surface area contributed by atoms with Crippen molar-refractivity contribution in [1.29, 1.82) is 0 Å². The van der Waals surface area contributed by atoms with E-state index in [2.05, 4.69) is 15.4 Å². The van der Waals surface area contributed by atoms with Crippen molar-refractivity contribution in [3.8, 4) is 0 Å². The minimum Gasteiger partial charge on any atom is -0.376 e. The lowest BCUT2D eigenvalue weighted by molar-refractivity contribution is -0.116. The highest BCUT2D eigenvalue weighted by atomic mass is 16.5. The Morgan fingerprint density at radius 3 is 3.04 bits per heavy atom. The average Bonchev–Trinajstić information content (AvgIpc) is 3.11. The van der Waals surface area contributed by atoms with Crippen molar-refractivity contribution in [2.45, 2.75) is 38.5 Å². The number of para-hydroxylation sites is 1. The summed E-state index contributed by atoms with van der Waals surface area (Å²) in [5.41, 5.74) is 0.976. The van der Waals surface area contributed by atoms with Crippen molar-refractivity contribution in [3.05, 3.63) is 53.3 Å². The molecule has 0 bridgehead atoms. The van der Waals surface area contributed by atoms with Crippen LogP contribution in [0.3, 0.4) is 0 Å². The third kappa shape index (κ3) is 4.06. The zero-order chi connectivity index (χ0) is 18.6. The van der Waals surface area contributed by atoms with Crippen molar-refractivity contribution < 1.29 is 9.53 Å². The molecule has 1 fully saturated rings. The Bertz CT molecular complexity index is 1000. The quantitative estimate of drug-likeness (QED) is 0.742. The van der Waals surface area contributed by atoms with Gasteiger partial charge in [0, 0.05) is 12.8 Å². The van der Waals surface area contributed by atoms with E-state index < -0.39 is 0 Å². The summed E-state index contributed by atoms with van der Waals surface area (Å²) >= 11 is 0. The summed E-state index contributed by atoms with van der Waals surface area (Å²) in [6.07, 6.45) is 8.25. The zero-order valence-corrected chi connectivity index (χ0v) is 14.9. The molecule has 4 rings (SSSR count). The predicted octanol–water partition coefficient (Wildman–Crippen LogP) is 1.80. The average molecular weight is 367 g/mol. The molecule has 2 aromatic heterocycles. The first-order valence-electron chi connectivity index (χ1n) is 9.07. The molecule has 8 nitrogen and oxygen atoms in total. The summed E-state index contributed by atoms with van der Waals surface area (Å²) < 4.78 is 8.78. The Kier molecular flexibility index (Phi) is 4.97. The number of amides is 1. The van der Waals surface area contributed by atoms with Gasteiger partial charge in [-0.05, 0) is 31.4 Å². The smallest absolute Gasteiger partial charge is 0.261 e. The zero-order valence-electron chi connectivity index (χ0n) is 14.9. The Hall–Kier alpha value is -3.00. The molecule has 0 saturated carbocycles. The van der Waals surface area contributed by atoms with E-state index in [1.807, 2.05) is 6.07 Å². The molecule has 8 heteroatoms. The number of rotatable bonds is 5. The number of fused-ring (bicyclic) bond motifs is 1. The Labute approximate surface area is 155 Å². The van der Waals surface area contributed by atoms with E-state index in [9.17, 15) is 9.59 Å². The van der Waals surface area contributed by atoms with Gasteiger partial charge < -0.3 is 10.1 Å². The second-order valence-corrected chi connectivity index (χ2v) is 6.68. The summed E-state index contributed by atoms with van der Waals surface area (Å²) in [6.45, 7) is 1.36. The molecule has 0 radical (unpaired) electrons. The van der Waals surface area contributed by atoms with E-state index in [-0.39, 0.29) is 24.1 Å². The number of hydrogen-bond acceptors (Lipinski definition) is 5. The summed E-state index contributed by atoms with van der Waals surface area (Å²) in [5, 5.41) is 7.54. The highest BCUT2D eigenvalue weighted by Crippen LogP contribution is 2.15. The van der Waals surface area contributed by atoms with Gasteiger partial charge in [-0.15, -0.1) is 0 Å². The number of carbonyl (C=O) groups is 1. The molecule has 3 aromatic rings. The molecule has 1 aliphatic heterocycles. The van der Waals surface area contributed by atoms with E-state index in [1.54, 1.807) is 35.3 Å². The number of nitrogens with zero attached hydrogens (tertiary/aromatic N) is 4. The van der Waals surface area contributed by atoms with Crippen LogP contribution in [0.4, 0.5) is 5.69 Å². The first-order chi connectivity index (χ1) is 13.2. The first-order valence-corrected chi connectivity index (χ1v) is 9.07. The number of nitrogens with one attached hydrogen (secondary N) is 1. The highest BCUT2D eigenvalue weighted by Gasteiger charge is 2.15. The molecule has 27 heavy (non-hydrogen) atoms. The molecular weight excluding hydrogens is 346 g/mol. The third-order valence-corrected chi connectivity index (χ3v) is 4.63. The van der Waals surface area contributed by atoms with Gasteiger partial charge in [-0.1, -0.05) is 12.1 Å². The maximum atomic E-state index is 12.5. The number of aromatic nitrogens is 4.